The highest BCUT2D eigenvalue weighted by molar-refractivity contribution is 9.10. The molecule has 0 radical (unpaired) electrons. The minimum absolute atomic E-state index is 0.00834. The SMILES string of the molecule is COC(=O)[C@H](Cc1ccc(Br)cc1)NC(=O)Cc1cccc(F)c1. The van der Waals surface area contributed by atoms with Gasteiger partial charge in [-0.2, -0.15) is 0 Å². The summed E-state index contributed by atoms with van der Waals surface area (Å²) in [7, 11) is 1.27. The molecule has 126 valence electrons. The number of rotatable bonds is 6. The van der Waals surface area contributed by atoms with Gasteiger partial charge in [-0.1, -0.05) is 40.2 Å². The highest BCUT2D eigenvalue weighted by atomic mass is 79.9. The fourth-order valence-corrected chi connectivity index (χ4v) is 2.53. The first-order valence-corrected chi connectivity index (χ1v) is 8.13. The molecule has 2 aromatic rings. The third kappa shape index (κ3) is 5.45. The van der Waals surface area contributed by atoms with Crippen LogP contribution in [0.25, 0.3) is 0 Å². The summed E-state index contributed by atoms with van der Waals surface area (Å²) in [6.07, 6.45) is 0.306. The Labute approximate surface area is 148 Å². The van der Waals surface area contributed by atoms with Crippen molar-refractivity contribution in [3.8, 4) is 0 Å². The summed E-state index contributed by atoms with van der Waals surface area (Å²) >= 11 is 3.35. The second-order valence-electron chi connectivity index (χ2n) is 5.28. The first kappa shape index (κ1) is 18.1. The van der Waals surface area contributed by atoms with Crippen molar-refractivity contribution in [2.24, 2.45) is 0 Å². The van der Waals surface area contributed by atoms with E-state index in [4.69, 9.17) is 4.74 Å². The van der Waals surface area contributed by atoms with Gasteiger partial charge in [-0.15, -0.1) is 0 Å². The van der Waals surface area contributed by atoms with E-state index in [9.17, 15) is 14.0 Å². The van der Waals surface area contributed by atoms with Crippen LogP contribution in [0.4, 0.5) is 4.39 Å². The number of nitrogens with one attached hydrogen (secondary N) is 1. The second kappa shape index (κ2) is 8.59. The van der Waals surface area contributed by atoms with E-state index in [2.05, 4.69) is 21.2 Å². The van der Waals surface area contributed by atoms with Gasteiger partial charge in [0.2, 0.25) is 5.91 Å². The molecule has 0 aliphatic carbocycles. The number of hydrogen-bond donors (Lipinski definition) is 1. The minimum atomic E-state index is -0.794. The van der Waals surface area contributed by atoms with Gasteiger partial charge in [0.05, 0.1) is 13.5 Å². The van der Waals surface area contributed by atoms with Crippen molar-refractivity contribution in [3.63, 3.8) is 0 Å². The maximum Gasteiger partial charge on any atom is 0.328 e. The zero-order chi connectivity index (χ0) is 17.5. The van der Waals surface area contributed by atoms with Crippen LogP contribution in [0.1, 0.15) is 11.1 Å². The number of carbonyl (C=O) groups excluding carboxylic acids is 2. The Balaban J connectivity index is 2.03. The topological polar surface area (TPSA) is 55.4 Å². The predicted octanol–water partition coefficient (Wildman–Crippen LogP) is 3.03. The Hall–Kier alpha value is -2.21. The van der Waals surface area contributed by atoms with E-state index in [0.29, 0.717) is 12.0 Å². The minimum Gasteiger partial charge on any atom is -0.467 e. The number of benzene rings is 2. The maximum atomic E-state index is 13.2. The highest BCUT2D eigenvalue weighted by Crippen LogP contribution is 2.12. The molecule has 1 amide bonds. The van der Waals surface area contributed by atoms with Crippen LogP contribution in [0.2, 0.25) is 0 Å². The van der Waals surface area contributed by atoms with E-state index >= 15 is 0 Å². The first-order valence-electron chi connectivity index (χ1n) is 7.34. The number of esters is 1. The van der Waals surface area contributed by atoms with Crippen LogP contribution in [0.5, 0.6) is 0 Å². The largest absolute Gasteiger partial charge is 0.467 e. The van der Waals surface area contributed by atoms with E-state index in [0.717, 1.165) is 10.0 Å². The fourth-order valence-electron chi connectivity index (χ4n) is 2.27. The molecular formula is C18H17BrFNO3. The number of hydrogen-bond acceptors (Lipinski definition) is 3. The smallest absolute Gasteiger partial charge is 0.328 e. The van der Waals surface area contributed by atoms with Crippen molar-refractivity contribution in [1.29, 1.82) is 0 Å². The van der Waals surface area contributed by atoms with Gasteiger partial charge in [-0.05, 0) is 35.4 Å². The maximum absolute atomic E-state index is 13.2. The van der Waals surface area contributed by atoms with Crippen LogP contribution >= 0.6 is 15.9 Å². The molecule has 0 saturated heterocycles. The van der Waals surface area contributed by atoms with Crippen LogP contribution in [0.3, 0.4) is 0 Å². The van der Waals surface area contributed by atoms with Gasteiger partial charge < -0.3 is 10.1 Å². The lowest BCUT2D eigenvalue weighted by molar-refractivity contribution is -0.145. The summed E-state index contributed by atoms with van der Waals surface area (Å²) in [5.74, 6) is -1.29. The molecule has 0 bridgehead atoms. The van der Waals surface area contributed by atoms with E-state index in [1.807, 2.05) is 24.3 Å². The van der Waals surface area contributed by atoms with Gasteiger partial charge in [-0.3, -0.25) is 4.79 Å². The summed E-state index contributed by atoms with van der Waals surface area (Å²) in [5, 5.41) is 2.65. The van der Waals surface area contributed by atoms with Gasteiger partial charge in [0.15, 0.2) is 0 Å². The third-order valence-electron chi connectivity index (χ3n) is 3.43. The van der Waals surface area contributed by atoms with Gasteiger partial charge in [-0.25, -0.2) is 9.18 Å². The lowest BCUT2D eigenvalue weighted by atomic mass is 10.1. The molecule has 6 heteroatoms. The summed E-state index contributed by atoms with van der Waals surface area (Å²) in [5.41, 5.74) is 1.43. The Bertz CT molecular complexity index is 718. The van der Waals surface area contributed by atoms with Crippen LogP contribution in [0, 0.1) is 5.82 Å². The number of halogens is 2. The normalized spacial score (nSPS) is 11.6. The zero-order valence-electron chi connectivity index (χ0n) is 13.1. The molecule has 1 N–H and O–H groups in total. The van der Waals surface area contributed by atoms with Gasteiger partial charge in [0.25, 0.3) is 0 Å². The van der Waals surface area contributed by atoms with E-state index in [-0.39, 0.29) is 12.3 Å². The second-order valence-corrected chi connectivity index (χ2v) is 6.20. The highest BCUT2D eigenvalue weighted by Gasteiger charge is 2.22. The first-order chi connectivity index (χ1) is 11.5. The number of methoxy groups -OCH3 is 1. The van der Waals surface area contributed by atoms with Gasteiger partial charge >= 0.3 is 5.97 Å². The molecule has 2 aromatic carbocycles. The van der Waals surface area contributed by atoms with Crippen LogP contribution < -0.4 is 5.32 Å². The van der Waals surface area contributed by atoms with E-state index < -0.39 is 17.8 Å². The Morgan fingerprint density at radius 1 is 1.17 bits per heavy atom. The quantitative estimate of drug-likeness (QED) is 0.767. The summed E-state index contributed by atoms with van der Waals surface area (Å²) < 4.78 is 18.9. The standard InChI is InChI=1S/C18H17BrFNO3/c1-24-18(23)16(10-12-5-7-14(19)8-6-12)21-17(22)11-13-3-2-4-15(20)9-13/h2-9,16H,10-11H2,1H3,(H,21,22)/t16-/m0/s1. The monoisotopic (exact) mass is 393 g/mol. The van der Waals surface area contributed by atoms with Crippen LogP contribution in [-0.2, 0) is 27.2 Å². The molecule has 4 nitrogen and oxygen atoms in total. The summed E-state index contributed by atoms with van der Waals surface area (Å²) in [4.78, 5) is 24.1. The molecule has 0 unspecified atom stereocenters. The van der Waals surface area contributed by atoms with Crippen molar-refractivity contribution in [3.05, 3.63) is 69.9 Å². The van der Waals surface area contributed by atoms with E-state index in [1.54, 1.807) is 6.07 Å². The van der Waals surface area contributed by atoms with Crippen molar-refractivity contribution < 1.29 is 18.7 Å². The molecule has 0 aliphatic rings. The Kier molecular flexibility index (Phi) is 6.49. The molecule has 0 aliphatic heterocycles. The number of carbonyl (C=O) groups is 2. The molecule has 24 heavy (non-hydrogen) atoms. The predicted molar refractivity (Wildman–Crippen MR) is 91.9 cm³/mol. The van der Waals surface area contributed by atoms with Crippen molar-refractivity contribution in [2.45, 2.75) is 18.9 Å². The number of ether oxygens (including phenoxy) is 1. The van der Waals surface area contributed by atoms with E-state index in [1.165, 1.54) is 25.3 Å². The van der Waals surface area contributed by atoms with Crippen molar-refractivity contribution >= 4 is 27.8 Å². The molecule has 1 atom stereocenters. The lowest BCUT2D eigenvalue weighted by Gasteiger charge is -2.17. The van der Waals surface area contributed by atoms with Gasteiger partial charge in [0.1, 0.15) is 11.9 Å². The third-order valence-corrected chi connectivity index (χ3v) is 3.96. The van der Waals surface area contributed by atoms with Gasteiger partial charge in [0, 0.05) is 10.9 Å². The summed E-state index contributed by atoms with van der Waals surface area (Å²) in [6.45, 7) is 0. The molecule has 0 spiro atoms. The van der Waals surface area contributed by atoms with Crippen molar-refractivity contribution in [1.82, 2.24) is 5.32 Å². The van der Waals surface area contributed by atoms with Crippen LogP contribution in [0.15, 0.2) is 53.0 Å². The Morgan fingerprint density at radius 3 is 2.50 bits per heavy atom. The molecule has 0 aromatic heterocycles. The zero-order valence-corrected chi connectivity index (χ0v) is 14.7. The lowest BCUT2D eigenvalue weighted by Crippen LogP contribution is -2.43. The molecular weight excluding hydrogens is 377 g/mol. The average Bonchev–Trinajstić information content (AvgIpc) is 2.55. The fraction of sp³-hybridized carbons (Fsp3) is 0.222. The summed E-state index contributed by atoms with van der Waals surface area (Å²) in [6, 6.07) is 12.4. The Morgan fingerprint density at radius 2 is 1.88 bits per heavy atom. The molecule has 2 rings (SSSR count). The number of amides is 1. The van der Waals surface area contributed by atoms with Crippen LogP contribution in [-0.4, -0.2) is 25.0 Å². The molecule has 0 saturated carbocycles. The average molecular weight is 394 g/mol. The van der Waals surface area contributed by atoms with Crippen molar-refractivity contribution in [2.75, 3.05) is 7.11 Å². The molecule has 0 heterocycles. The molecule has 0 fully saturated rings.